The van der Waals surface area contributed by atoms with Crippen LogP contribution in [0.1, 0.15) is 26.3 Å². The van der Waals surface area contributed by atoms with Gasteiger partial charge in [-0.3, -0.25) is 9.59 Å². The highest BCUT2D eigenvalue weighted by Gasteiger charge is 2.10. The molecule has 148 valence electrons. The molecule has 6 heteroatoms. The molecule has 1 aromatic heterocycles. The Labute approximate surface area is 174 Å². The van der Waals surface area contributed by atoms with Crippen LogP contribution in [0.2, 0.25) is 0 Å². The number of aryl methyl sites for hydroxylation is 1. The lowest BCUT2D eigenvalue weighted by Gasteiger charge is -2.08. The van der Waals surface area contributed by atoms with Crippen molar-refractivity contribution in [2.45, 2.75) is 6.92 Å². The lowest BCUT2D eigenvalue weighted by atomic mass is 10.1. The molecule has 0 atom stereocenters. The second-order valence-corrected chi connectivity index (χ2v) is 6.87. The molecule has 0 saturated heterocycles. The number of benzene rings is 3. The Morgan fingerprint density at radius 3 is 2.27 bits per heavy atom. The number of hydrogen-bond acceptors (Lipinski definition) is 3. The average molecular weight is 396 g/mol. The fraction of sp³-hybridized carbons (Fsp3) is 0.0417. The van der Waals surface area contributed by atoms with Gasteiger partial charge in [-0.15, -0.1) is 0 Å². The Morgan fingerprint density at radius 1 is 0.767 bits per heavy atom. The number of aromatic nitrogens is 2. The molecule has 0 saturated carbocycles. The van der Waals surface area contributed by atoms with Crippen molar-refractivity contribution in [3.63, 3.8) is 0 Å². The summed E-state index contributed by atoms with van der Waals surface area (Å²) in [6.07, 6.45) is 3.28. The molecule has 30 heavy (non-hydrogen) atoms. The topological polar surface area (TPSA) is 76.0 Å². The summed E-state index contributed by atoms with van der Waals surface area (Å²) in [7, 11) is 0. The van der Waals surface area contributed by atoms with E-state index >= 15 is 0 Å². The fourth-order valence-corrected chi connectivity index (χ4v) is 3.04. The highest BCUT2D eigenvalue weighted by molar-refractivity contribution is 6.05. The molecule has 6 nitrogen and oxygen atoms in total. The van der Waals surface area contributed by atoms with Crippen LogP contribution in [0.5, 0.6) is 0 Å². The molecule has 0 unspecified atom stereocenters. The SMILES string of the molecule is Cc1cccc(NC(=O)c2cccc(-n3cc(NC(=O)c4ccccc4)cn3)c2)c1. The summed E-state index contributed by atoms with van der Waals surface area (Å²) in [6, 6.07) is 23.8. The van der Waals surface area contributed by atoms with Gasteiger partial charge in [0.05, 0.1) is 23.8 Å². The van der Waals surface area contributed by atoms with Crippen molar-refractivity contribution in [2.24, 2.45) is 0 Å². The van der Waals surface area contributed by atoms with Gasteiger partial charge in [0, 0.05) is 16.8 Å². The Balaban J connectivity index is 1.49. The third kappa shape index (κ3) is 4.44. The van der Waals surface area contributed by atoms with Crippen LogP contribution in [0.15, 0.2) is 91.3 Å². The lowest BCUT2D eigenvalue weighted by molar-refractivity contribution is 0.101. The minimum atomic E-state index is -0.207. The quantitative estimate of drug-likeness (QED) is 0.514. The third-order valence-corrected chi connectivity index (χ3v) is 4.53. The van der Waals surface area contributed by atoms with Gasteiger partial charge in [0.15, 0.2) is 0 Å². The van der Waals surface area contributed by atoms with Gasteiger partial charge in [-0.1, -0.05) is 36.4 Å². The van der Waals surface area contributed by atoms with Crippen LogP contribution in [-0.2, 0) is 0 Å². The Hall–Kier alpha value is -4.19. The van der Waals surface area contributed by atoms with Gasteiger partial charge in [0.2, 0.25) is 0 Å². The maximum atomic E-state index is 12.6. The zero-order valence-corrected chi connectivity index (χ0v) is 16.4. The van der Waals surface area contributed by atoms with Crippen molar-refractivity contribution in [1.82, 2.24) is 9.78 Å². The van der Waals surface area contributed by atoms with Gasteiger partial charge in [-0.2, -0.15) is 5.10 Å². The largest absolute Gasteiger partial charge is 0.322 e. The van der Waals surface area contributed by atoms with Crippen molar-refractivity contribution in [3.8, 4) is 5.69 Å². The summed E-state index contributed by atoms with van der Waals surface area (Å²) >= 11 is 0. The number of carbonyl (C=O) groups excluding carboxylic acids is 2. The van der Waals surface area contributed by atoms with E-state index in [1.54, 1.807) is 47.4 Å². The van der Waals surface area contributed by atoms with E-state index in [9.17, 15) is 9.59 Å². The summed E-state index contributed by atoms with van der Waals surface area (Å²) < 4.78 is 1.62. The van der Waals surface area contributed by atoms with Crippen LogP contribution >= 0.6 is 0 Å². The lowest BCUT2D eigenvalue weighted by Crippen LogP contribution is -2.12. The van der Waals surface area contributed by atoms with Crippen LogP contribution in [0.25, 0.3) is 5.69 Å². The van der Waals surface area contributed by atoms with E-state index in [0.29, 0.717) is 22.5 Å². The Morgan fingerprint density at radius 2 is 1.47 bits per heavy atom. The molecule has 1 heterocycles. The number of amides is 2. The van der Waals surface area contributed by atoms with Crippen molar-refractivity contribution in [1.29, 1.82) is 0 Å². The molecule has 0 aliphatic carbocycles. The molecule has 3 aromatic carbocycles. The summed E-state index contributed by atoms with van der Waals surface area (Å²) in [6.45, 7) is 1.97. The van der Waals surface area contributed by atoms with Crippen LogP contribution in [0, 0.1) is 6.92 Å². The van der Waals surface area contributed by atoms with Gasteiger partial charge in [0.25, 0.3) is 11.8 Å². The number of carbonyl (C=O) groups is 2. The predicted octanol–water partition coefficient (Wildman–Crippen LogP) is 4.69. The fourth-order valence-electron chi connectivity index (χ4n) is 3.04. The van der Waals surface area contributed by atoms with Crippen molar-refractivity contribution in [3.05, 3.63) is 108 Å². The van der Waals surface area contributed by atoms with Crippen molar-refractivity contribution >= 4 is 23.2 Å². The molecular formula is C24H20N4O2. The average Bonchev–Trinajstić information content (AvgIpc) is 3.23. The van der Waals surface area contributed by atoms with Gasteiger partial charge < -0.3 is 10.6 Å². The van der Waals surface area contributed by atoms with E-state index in [1.807, 2.05) is 55.5 Å². The first-order valence-electron chi connectivity index (χ1n) is 9.48. The molecule has 0 spiro atoms. The first-order valence-corrected chi connectivity index (χ1v) is 9.48. The number of nitrogens with one attached hydrogen (secondary N) is 2. The van der Waals surface area contributed by atoms with Crippen LogP contribution < -0.4 is 10.6 Å². The number of nitrogens with zero attached hydrogens (tertiary/aromatic N) is 2. The van der Waals surface area contributed by atoms with Crippen molar-refractivity contribution < 1.29 is 9.59 Å². The zero-order chi connectivity index (χ0) is 20.9. The summed E-state index contributed by atoms with van der Waals surface area (Å²) in [5.41, 5.74) is 4.18. The van der Waals surface area contributed by atoms with Crippen LogP contribution in [-0.4, -0.2) is 21.6 Å². The second kappa shape index (κ2) is 8.45. The molecular weight excluding hydrogens is 376 g/mol. The van der Waals surface area contributed by atoms with Gasteiger partial charge in [-0.25, -0.2) is 4.68 Å². The minimum Gasteiger partial charge on any atom is -0.322 e. The zero-order valence-electron chi connectivity index (χ0n) is 16.4. The van der Waals surface area contributed by atoms with Gasteiger partial charge in [-0.05, 0) is 55.0 Å². The minimum absolute atomic E-state index is 0.202. The van der Waals surface area contributed by atoms with E-state index in [0.717, 1.165) is 11.3 Å². The maximum absolute atomic E-state index is 12.6. The molecule has 0 bridgehead atoms. The van der Waals surface area contributed by atoms with Gasteiger partial charge >= 0.3 is 0 Å². The highest BCUT2D eigenvalue weighted by atomic mass is 16.2. The standard InChI is InChI=1S/C24H20N4O2/c1-17-7-5-11-20(13-17)26-24(30)19-10-6-12-22(14-19)28-16-21(15-25-28)27-23(29)18-8-3-2-4-9-18/h2-16H,1H3,(H,26,30)(H,27,29). The van der Waals surface area contributed by atoms with Crippen LogP contribution in [0.4, 0.5) is 11.4 Å². The highest BCUT2D eigenvalue weighted by Crippen LogP contribution is 2.16. The maximum Gasteiger partial charge on any atom is 0.255 e. The molecule has 2 amide bonds. The van der Waals surface area contributed by atoms with Gasteiger partial charge in [0.1, 0.15) is 0 Å². The third-order valence-electron chi connectivity index (χ3n) is 4.53. The number of hydrogen-bond donors (Lipinski definition) is 2. The number of rotatable bonds is 5. The van der Waals surface area contributed by atoms with Crippen molar-refractivity contribution in [2.75, 3.05) is 10.6 Å². The van der Waals surface area contributed by atoms with E-state index in [-0.39, 0.29) is 11.8 Å². The molecule has 0 aliphatic rings. The normalized spacial score (nSPS) is 10.4. The Bertz CT molecular complexity index is 1200. The van der Waals surface area contributed by atoms with Crippen LogP contribution in [0.3, 0.4) is 0 Å². The summed E-state index contributed by atoms with van der Waals surface area (Å²) in [5.74, 6) is -0.409. The molecule has 4 aromatic rings. The molecule has 0 radical (unpaired) electrons. The first-order chi connectivity index (χ1) is 14.6. The first kappa shape index (κ1) is 19.1. The smallest absolute Gasteiger partial charge is 0.255 e. The molecule has 0 fully saturated rings. The summed E-state index contributed by atoms with van der Waals surface area (Å²) in [4.78, 5) is 24.9. The molecule has 2 N–H and O–H groups in total. The van der Waals surface area contributed by atoms with E-state index in [4.69, 9.17) is 0 Å². The second-order valence-electron chi connectivity index (χ2n) is 6.87. The number of anilines is 2. The Kier molecular flexibility index (Phi) is 5.39. The van der Waals surface area contributed by atoms with E-state index in [1.165, 1.54) is 0 Å². The molecule has 0 aliphatic heterocycles. The monoisotopic (exact) mass is 396 g/mol. The van der Waals surface area contributed by atoms with E-state index in [2.05, 4.69) is 15.7 Å². The predicted molar refractivity (Wildman–Crippen MR) is 117 cm³/mol. The summed E-state index contributed by atoms with van der Waals surface area (Å²) in [5, 5.41) is 10.0. The molecule has 4 rings (SSSR count). The van der Waals surface area contributed by atoms with E-state index < -0.39 is 0 Å².